The predicted molar refractivity (Wildman–Crippen MR) is 113 cm³/mol. The van der Waals surface area contributed by atoms with Crippen molar-refractivity contribution in [2.24, 2.45) is 0 Å². The first-order chi connectivity index (χ1) is 13.4. The Bertz CT molecular complexity index is 964. The molecule has 0 fully saturated rings. The van der Waals surface area contributed by atoms with Gasteiger partial charge in [-0.25, -0.2) is 9.78 Å². The fourth-order valence-electron chi connectivity index (χ4n) is 3.08. The number of amides is 1. The number of nitrogens with one attached hydrogen (secondary N) is 2. The van der Waals surface area contributed by atoms with Crippen LogP contribution in [0.5, 0.6) is 5.75 Å². The van der Waals surface area contributed by atoms with Crippen molar-refractivity contribution < 1.29 is 9.53 Å². The Labute approximate surface area is 164 Å². The highest BCUT2D eigenvalue weighted by Gasteiger charge is 2.10. The first kappa shape index (κ1) is 19.2. The van der Waals surface area contributed by atoms with Gasteiger partial charge in [0.15, 0.2) is 0 Å². The zero-order valence-corrected chi connectivity index (χ0v) is 16.2. The molecular weight excluding hydrogens is 352 g/mol. The number of nitrogens with zero attached hydrogens (tertiary/aromatic N) is 1. The molecule has 0 bridgehead atoms. The van der Waals surface area contributed by atoms with E-state index in [1.54, 1.807) is 36.4 Å². The summed E-state index contributed by atoms with van der Waals surface area (Å²) in [6, 6.07) is 16.6. The van der Waals surface area contributed by atoms with E-state index in [1.165, 1.54) is 22.3 Å². The number of nitrogen functional groups attached to an aromatic ring is 1. The minimum absolute atomic E-state index is 0.215. The van der Waals surface area contributed by atoms with Gasteiger partial charge in [-0.2, -0.15) is 0 Å². The summed E-state index contributed by atoms with van der Waals surface area (Å²) in [7, 11) is 0. The molecule has 3 rings (SSSR count). The van der Waals surface area contributed by atoms with Crippen LogP contribution >= 0.6 is 0 Å². The van der Waals surface area contributed by atoms with Crippen LogP contribution in [0.25, 0.3) is 0 Å². The van der Waals surface area contributed by atoms with Gasteiger partial charge in [-0.15, -0.1) is 0 Å². The van der Waals surface area contributed by atoms with Gasteiger partial charge in [-0.05, 0) is 61.7 Å². The lowest BCUT2D eigenvalue weighted by Crippen LogP contribution is -2.18. The topological polar surface area (TPSA) is 89.3 Å². The second-order valence-corrected chi connectivity index (χ2v) is 6.69. The van der Waals surface area contributed by atoms with E-state index in [9.17, 15) is 4.79 Å². The SMILES string of the molecule is Cc1cc(C)c(CNc2ccc(NC(=O)Oc3ccccc3)c(N)n2)c(C)c1. The van der Waals surface area contributed by atoms with Crippen molar-refractivity contribution in [3.8, 4) is 5.75 Å². The maximum Gasteiger partial charge on any atom is 0.417 e. The first-order valence-corrected chi connectivity index (χ1v) is 9.03. The number of pyridine rings is 1. The molecule has 0 saturated heterocycles. The summed E-state index contributed by atoms with van der Waals surface area (Å²) in [6.45, 7) is 6.94. The maximum atomic E-state index is 12.0. The van der Waals surface area contributed by atoms with E-state index in [0.717, 1.165) is 0 Å². The molecule has 0 atom stereocenters. The zero-order valence-electron chi connectivity index (χ0n) is 16.2. The minimum atomic E-state index is -0.619. The number of anilines is 3. The van der Waals surface area contributed by atoms with Gasteiger partial charge < -0.3 is 15.8 Å². The molecule has 28 heavy (non-hydrogen) atoms. The molecule has 3 aromatic rings. The number of para-hydroxylation sites is 1. The average Bonchev–Trinajstić information content (AvgIpc) is 2.64. The summed E-state index contributed by atoms with van der Waals surface area (Å²) in [5, 5.41) is 5.90. The van der Waals surface area contributed by atoms with Crippen LogP contribution in [0.2, 0.25) is 0 Å². The number of carbonyl (C=O) groups excluding carboxylic acids is 1. The molecule has 2 aromatic carbocycles. The molecule has 0 aliphatic heterocycles. The molecule has 1 heterocycles. The summed E-state index contributed by atoms with van der Waals surface area (Å²) in [6.07, 6.45) is -0.619. The monoisotopic (exact) mass is 376 g/mol. The van der Waals surface area contributed by atoms with Crippen LogP contribution in [0.1, 0.15) is 22.3 Å². The Kier molecular flexibility index (Phi) is 5.79. The van der Waals surface area contributed by atoms with Gasteiger partial charge in [0.25, 0.3) is 0 Å². The van der Waals surface area contributed by atoms with Crippen LogP contribution in [-0.4, -0.2) is 11.1 Å². The fraction of sp³-hybridized carbons (Fsp3) is 0.182. The largest absolute Gasteiger partial charge is 0.417 e. The summed E-state index contributed by atoms with van der Waals surface area (Å²) >= 11 is 0. The summed E-state index contributed by atoms with van der Waals surface area (Å²) < 4.78 is 5.20. The van der Waals surface area contributed by atoms with Crippen molar-refractivity contribution in [1.82, 2.24) is 4.98 Å². The van der Waals surface area contributed by atoms with Gasteiger partial charge in [0.1, 0.15) is 17.4 Å². The zero-order chi connectivity index (χ0) is 20.1. The van der Waals surface area contributed by atoms with E-state index in [4.69, 9.17) is 10.5 Å². The number of aromatic nitrogens is 1. The molecule has 0 aliphatic rings. The van der Waals surface area contributed by atoms with Crippen molar-refractivity contribution in [1.29, 1.82) is 0 Å². The minimum Gasteiger partial charge on any atom is -0.410 e. The fourth-order valence-corrected chi connectivity index (χ4v) is 3.08. The van der Waals surface area contributed by atoms with Gasteiger partial charge in [0, 0.05) is 6.54 Å². The number of benzene rings is 2. The molecule has 0 unspecified atom stereocenters. The first-order valence-electron chi connectivity index (χ1n) is 9.03. The van der Waals surface area contributed by atoms with Crippen molar-refractivity contribution in [2.75, 3.05) is 16.4 Å². The molecule has 1 amide bonds. The third-order valence-corrected chi connectivity index (χ3v) is 4.40. The van der Waals surface area contributed by atoms with Crippen LogP contribution in [0, 0.1) is 20.8 Å². The Hall–Kier alpha value is -3.54. The Morgan fingerprint density at radius 3 is 2.36 bits per heavy atom. The van der Waals surface area contributed by atoms with Gasteiger partial charge >= 0.3 is 6.09 Å². The molecule has 0 aliphatic carbocycles. The maximum absolute atomic E-state index is 12.0. The number of ether oxygens (including phenoxy) is 1. The molecule has 6 heteroatoms. The molecule has 0 radical (unpaired) electrons. The van der Waals surface area contributed by atoms with E-state index in [0.29, 0.717) is 23.8 Å². The van der Waals surface area contributed by atoms with Crippen LogP contribution in [-0.2, 0) is 6.54 Å². The number of hydrogen-bond acceptors (Lipinski definition) is 5. The van der Waals surface area contributed by atoms with Crippen molar-refractivity contribution in [3.05, 3.63) is 76.9 Å². The lowest BCUT2D eigenvalue weighted by molar-refractivity contribution is 0.215. The van der Waals surface area contributed by atoms with E-state index < -0.39 is 6.09 Å². The van der Waals surface area contributed by atoms with Gasteiger partial charge in [-0.1, -0.05) is 35.9 Å². The molecule has 1 aromatic heterocycles. The molecule has 4 N–H and O–H groups in total. The van der Waals surface area contributed by atoms with Crippen LogP contribution in [0.3, 0.4) is 0 Å². The Balaban J connectivity index is 1.63. The third kappa shape index (κ3) is 4.79. The quantitative estimate of drug-likeness (QED) is 0.594. The normalized spacial score (nSPS) is 10.4. The third-order valence-electron chi connectivity index (χ3n) is 4.40. The number of carbonyl (C=O) groups is 1. The highest BCUT2D eigenvalue weighted by molar-refractivity contribution is 5.89. The lowest BCUT2D eigenvalue weighted by Gasteiger charge is -2.14. The van der Waals surface area contributed by atoms with Crippen LogP contribution in [0.4, 0.5) is 22.1 Å². The molecule has 6 nitrogen and oxygen atoms in total. The average molecular weight is 376 g/mol. The molecule has 144 valence electrons. The summed E-state index contributed by atoms with van der Waals surface area (Å²) in [5.41, 5.74) is 11.3. The Morgan fingerprint density at radius 1 is 1.04 bits per heavy atom. The van der Waals surface area contributed by atoms with E-state index in [1.807, 2.05) is 6.07 Å². The van der Waals surface area contributed by atoms with E-state index in [-0.39, 0.29) is 5.82 Å². The van der Waals surface area contributed by atoms with Gasteiger partial charge in [0.05, 0.1) is 5.69 Å². The van der Waals surface area contributed by atoms with E-state index in [2.05, 4.69) is 48.5 Å². The number of nitrogens with two attached hydrogens (primary N) is 1. The lowest BCUT2D eigenvalue weighted by atomic mass is 10.00. The van der Waals surface area contributed by atoms with Crippen LogP contribution < -0.4 is 21.1 Å². The number of rotatable bonds is 5. The van der Waals surface area contributed by atoms with E-state index >= 15 is 0 Å². The van der Waals surface area contributed by atoms with Gasteiger partial charge in [0.2, 0.25) is 0 Å². The molecular formula is C22H24N4O2. The molecule has 0 saturated carbocycles. The summed E-state index contributed by atoms with van der Waals surface area (Å²) in [5.74, 6) is 1.31. The highest BCUT2D eigenvalue weighted by atomic mass is 16.6. The standard InChI is InChI=1S/C22H24N4O2/c1-14-11-15(2)18(16(3)12-14)13-24-20-10-9-19(21(23)26-20)25-22(27)28-17-7-5-4-6-8-17/h4-12H,13H2,1-3H3,(H,25,27)(H3,23,24,26). The summed E-state index contributed by atoms with van der Waals surface area (Å²) in [4.78, 5) is 16.3. The Morgan fingerprint density at radius 2 is 1.71 bits per heavy atom. The van der Waals surface area contributed by atoms with Gasteiger partial charge in [-0.3, -0.25) is 5.32 Å². The van der Waals surface area contributed by atoms with Crippen molar-refractivity contribution in [3.63, 3.8) is 0 Å². The number of aryl methyl sites for hydroxylation is 3. The van der Waals surface area contributed by atoms with Crippen molar-refractivity contribution in [2.45, 2.75) is 27.3 Å². The van der Waals surface area contributed by atoms with Crippen molar-refractivity contribution >= 4 is 23.4 Å². The second-order valence-electron chi connectivity index (χ2n) is 6.69. The predicted octanol–water partition coefficient (Wildman–Crippen LogP) is 4.81. The second kappa shape index (κ2) is 8.43. The smallest absolute Gasteiger partial charge is 0.410 e. The molecule has 0 spiro atoms. The van der Waals surface area contributed by atoms with Crippen LogP contribution in [0.15, 0.2) is 54.6 Å². The highest BCUT2D eigenvalue weighted by Crippen LogP contribution is 2.22. The number of hydrogen-bond donors (Lipinski definition) is 3.